The molecule has 21 heavy (non-hydrogen) atoms. The smallest absolute Gasteiger partial charge is 0.258 e. The molecular weight excluding hydrogens is 268 g/mol. The molecule has 0 aliphatic rings. The van der Waals surface area contributed by atoms with Gasteiger partial charge in [0.05, 0.1) is 12.8 Å². The van der Waals surface area contributed by atoms with Crippen molar-refractivity contribution in [2.24, 2.45) is 0 Å². The number of nitrogen functional groups attached to an aromatic ring is 1. The molecule has 2 aromatic rings. The maximum Gasteiger partial charge on any atom is 0.258 e. The van der Waals surface area contributed by atoms with E-state index < -0.39 is 6.10 Å². The highest BCUT2D eigenvalue weighted by Gasteiger charge is 2.21. The maximum atomic E-state index is 12.4. The minimum atomic E-state index is -0.697. The minimum absolute atomic E-state index is 0.285. The van der Waals surface area contributed by atoms with Gasteiger partial charge in [-0.2, -0.15) is 0 Å². The summed E-state index contributed by atoms with van der Waals surface area (Å²) in [5.41, 5.74) is 7.57. The fraction of sp³-hybridized carbons (Fsp3) is 0.188. The molecule has 5 heteroatoms. The Morgan fingerprint density at radius 2 is 1.86 bits per heavy atom. The van der Waals surface area contributed by atoms with Crippen molar-refractivity contribution in [1.82, 2.24) is 0 Å². The van der Waals surface area contributed by atoms with Crippen LogP contribution in [0.5, 0.6) is 5.75 Å². The zero-order valence-electron chi connectivity index (χ0n) is 12.0. The van der Waals surface area contributed by atoms with E-state index in [1.807, 2.05) is 30.3 Å². The lowest BCUT2D eigenvalue weighted by Gasteiger charge is -2.17. The van der Waals surface area contributed by atoms with Crippen LogP contribution in [0.15, 0.2) is 48.5 Å². The third-order valence-corrected chi connectivity index (χ3v) is 3.06. The number of benzene rings is 2. The molecule has 3 N–H and O–H groups in total. The predicted molar refractivity (Wildman–Crippen MR) is 82.2 cm³/mol. The lowest BCUT2D eigenvalue weighted by atomic mass is 10.1. The zero-order chi connectivity index (χ0) is 15.2. The van der Waals surface area contributed by atoms with Gasteiger partial charge in [0.25, 0.3) is 5.91 Å². The lowest BCUT2D eigenvalue weighted by Crippen LogP contribution is -2.22. The average molecular weight is 286 g/mol. The molecule has 0 saturated heterocycles. The van der Waals surface area contributed by atoms with Gasteiger partial charge >= 0.3 is 0 Å². The van der Waals surface area contributed by atoms with Gasteiger partial charge in [-0.25, -0.2) is 0 Å². The van der Waals surface area contributed by atoms with E-state index in [0.29, 0.717) is 17.1 Å². The van der Waals surface area contributed by atoms with E-state index in [9.17, 15) is 4.79 Å². The quantitative estimate of drug-likeness (QED) is 0.829. The molecule has 2 rings (SSSR count). The summed E-state index contributed by atoms with van der Waals surface area (Å²) < 4.78 is 10.5. The molecule has 0 spiro atoms. The number of hydrogen-bond donors (Lipinski definition) is 2. The largest absolute Gasteiger partial charge is 0.495 e. The number of methoxy groups -OCH3 is 2. The van der Waals surface area contributed by atoms with Gasteiger partial charge in [0.2, 0.25) is 0 Å². The molecule has 0 aromatic heterocycles. The van der Waals surface area contributed by atoms with E-state index in [-0.39, 0.29) is 5.91 Å². The maximum absolute atomic E-state index is 12.4. The first-order valence-corrected chi connectivity index (χ1v) is 6.48. The molecule has 0 saturated carbocycles. The second kappa shape index (κ2) is 6.76. The van der Waals surface area contributed by atoms with Gasteiger partial charge < -0.3 is 20.5 Å². The molecule has 1 unspecified atom stereocenters. The number of anilines is 2. The van der Waals surface area contributed by atoms with Crippen LogP contribution in [-0.2, 0) is 9.53 Å². The second-order valence-corrected chi connectivity index (χ2v) is 4.48. The first-order chi connectivity index (χ1) is 10.2. The van der Waals surface area contributed by atoms with Crippen molar-refractivity contribution in [2.45, 2.75) is 6.10 Å². The summed E-state index contributed by atoms with van der Waals surface area (Å²) in [6, 6.07) is 14.3. The molecule has 0 fully saturated rings. The molecular formula is C16H18N2O3. The van der Waals surface area contributed by atoms with Gasteiger partial charge in [0, 0.05) is 12.8 Å². The number of hydrogen-bond acceptors (Lipinski definition) is 4. The number of amides is 1. The number of ether oxygens (including phenoxy) is 2. The molecule has 0 heterocycles. The van der Waals surface area contributed by atoms with Crippen molar-refractivity contribution in [1.29, 1.82) is 0 Å². The summed E-state index contributed by atoms with van der Waals surface area (Å²) in [6.45, 7) is 0. The van der Waals surface area contributed by atoms with Crippen molar-refractivity contribution in [2.75, 3.05) is 25.3 Å². The van der Waals surface area contributed by atoms with Crippen LogP contribution in [0.1, 0.15) is 11.7 Å². The van der Waals surface area contributed by atoms with Crippen LogP contribution in [0.3, 0.4) is 0 Å². The summed E-state index contributed by atoms with van der Waals surface area (Å²) >= 11 is 0. The van der Waals surface area contributed by atoms with E-state index in [1.165, 1.54) is 14.2 Å². The van der Waals surface area contributed by atoms with Gasteiger partial charge in [-0.1, -0.05) is 30.3 Å². The predicted octanol–water partition coefficient (Wildman–Crippen LogP) is 2.60. The molecule has 0 aliphatic heterocycles. The van der Waals surface area contributed by atoms with Crippen LogP contribution in [-0.4, -0.2) is 20.1 Å². The Morgan fingerprint density at radius 1 is 1.14 bits per heavy atom. The van der Waals surface area contributed by atoms with Crippen LogP contribution < -0.4 is 15.8 Å². The van der Waals surface area contributed by atoms with E-state index in [2.05, 4.69) is 5.32 Å². The van der Waals surface area contributed by atoms with Crippen LogP contribution in [0.2, 0.25) is 0 Å². The fourth-order valence-electron chi connectivity index (χ4n) is 2.04. The van der Waals surface area contributed by atoms with E-state index in [1.54, 1.807) is 18.2 Å². The van der Waals surface area contributed by atoms with E-state index >= 15 is 0 Å². The molecule has 1 amide bonds. The number of rotatable bonds is 5. The minimum Gasteiger partial charge on any atom is -0.495 e. The van der Waals surface area contributed by atoms with Gasteiger partial charge in [-0.15, -0.1) is 0 Å². The summed E-state index contributed by atoms with van der Waals surface area (Å²) in [5, 5.41) is 2.78. The van der Waals surface area contributed by atoms with Gasteiger partial charge in [0.1, 0.15) is 5.75 Å². The second-order valence-electron chi connectivity index (χ2n) is 4.48. The normalized spacial score (nSPS) is 11.7. The number of nitrogens with two attached hydrogens (primary N) is 1. The third-order valence-electron chi connectivity index (χ3n) is 3.06. The van der Waals surface area contributed by atoms with Crippen LogP contribution >= 0.6 is 0 Å². The zero-order valence-corrected chi connectivity index (χ0v) is 12.0. The number of carbonyl (C=O) groups is 1. The van der Waals surface area contributed by atoms with Crippen LogP contribution in [0.25, 0.3) is 0 Å². The number of nitrogens with one attached hydrogen (secondary N) is 1. The first kappa shape index (κ1) is 14.9. The molecule has 110 valence electrons. The molecule has 1 atom stereocenters. The molecule has 0 radical (unpaired) electrons. The van der Waals surface area contributed by atoms with Gasteiger partial charge in [0.15, 0.2) is 6.10 Å². The summed E-state index contributed by atoms with van der Waals surface area (Å²) in [7, 11) is 3.03. The third kappa shape index (κ3) is 3.52. The van der Waals surface area contributed by atoms with Crippen molar-refractivity contribution < 1.29 is 14.3 Å². The molecule has 0 aliphatic carbocycles. The van der Waals surface area contributed by atoms with Crippen molar-refractivity contribution in [3.63, 3.8) is 0 Å². The summed E-state index contributed by atoms with van der Waals surface area (Å²) in [4.78, 5) is 12.4. The van der Waals surface area contributed by atoms with E-state index in [4.69, 9.17) is 15.2 Å². The molecule has 5 nitrogen and oxygen atoms in total. The Labute approximate surface area is 123 Å². The first-order valence-electron chi connectivity index (χ1n) is 6.48. The summed E-state index contributed by atoms with van der Waals surface area (Å²) in [6.07, 6.45) is -0.697. The van der Waals surface area contributed by atoms with Crippen LogP contribution in [0, 0.1) is 0 Å². The highest BCUT2D eigenvalue weighted by atomic mass is 16.5. The van der Waals surface area contributed by atoms with Crippen LogP contribution in [0.4, 0.5) is 11.4 Å². The van der Waals surface area contributed by atoms with Crippen molar-refractivity contribution in [3.8, 4) is 5.75 Å². The number of carbonyl (C=O) groups excluding carboxylic acids is 1. The Kier molecular flexibility index (Phi) is 4.79. The monoisotopic (exact) mass is 286 g/mol. The SMILES string of the molecule is COc1ccc(N)cc1NC(=O)C(OC)c1ccccc1. The van der Waals surface area contributed by atoms with Gasteiger partial charge in [-0.3, -0.25) is 4.79 Å². The Balaban J connectivity index is 2.22. The Bertz CT molecular complexity index is 614. The molecule has 0 bridgehead atoms. The van der Waals surface area contributed by atoms with Crippen molar-refractivity contribution >= 4 is 17.3 Å². The van der Waals surface area contributed by atoms with E-state index in [0.717, 1.165) is 5.56 Å². The van der Waals surface area contributed by atoms with Gasteiger partial charge in [-0.05, 0) is 23.8 Å². The summed E-state index contributed by atoms with van der Waals surface area (Å²) in [5.74, 6) is 0.257. The average Bonchev–Trinajstić information content (AvgIpc) is 2.49. The van der Waals surface area contributed by atoms with Crippen molar-refractivity contribution in [3.05, 3.63) is 54.1 Å². The Hall–Kier alpha value is -2.53. The topological polar surface area (TPSA) is 73.6 Å². The highest BCUT2D eigenvalue weighted by Crippen LogP contribution is 2.28. The Morgan fingerprint density at radius 3 is 2.48 bits per heavy atom. The molecule has 2 aromatic carbocycles. The fourth-order valence-corrected chi connectivity index (χ4v) is 2.04. The lowest BCUT2D eigenvalue weighted by molar-refractivity contribution is -0.126. The standard InChI is InChI=1S/C16H18N2O3/c1-20-14-9-8-12(17)10-13(14)18-16(19)15(21-2)11-6-4-3-5-7-11/h3-10,15H,17H2,1-2H3,(H,18,19). The highest BCUT2D eigenvalue weighted by molar-refractivity contribution is 5.96.